The smallest absolute Gasteiger partial charge is 0.0954 e. The molecule has 1 heteroatoms. The Kier molecular flexibility index (Phi) is 0.895. The predicted molar refractivity (Wildman–Crippen MR) is 29.0 cm³/mol. The number of allylic oxidation sites excluding steroid dienone is 2. The summed E-state index contributed by atoms with van der Waals surface area (Å²) in [6.45, 7) is 3.53. The Balaban J connectivity index is 2.51. The van der Waals surface area contributed by atoms with Crippen molar-refractivity contribution in [2.24, 2.45) is 5.92 Å². The van der Waals surface area contributed by atoms with Gasteiger partial charge in [-0.25, -0.2) is 0 Å². The van der Waals surface area contributed by atoms with Gasteiger partial charge in [0.05, 0.1) is 5.76 Å². The molecule has 0 fully saturated rings. The molecule has 1 aliphatic carbocycles. The van der Waals surface area contributed by atoms with Gasteiger partial charge in [0.15, 0.2) is 0 Å². The molecule has 1 rings (SSSR count). The maximum Gasteiger partial charge on any atom is 0.0954 e. The molecule has 0 heterocycles. The summed E-state index contributed by atoms with van der Waals surface area (Å²) in [5, 5.41) is 8.70. The van der Waals surface area contributed by atoms with Gasteiger partial charge >= 0.3 is 0 Å². The van der Waals surface area contributed by atoms with Crippen LogP contribution in [0.3, 0.4) is 0 Å². The molecule has 0 aromatic heterocycles. The van der Waals surface area contributed by atoms with Gasteiger partial charge in [-0.2, -0.15) is 0 Å². The number of aliphatic hydroxyl groups excluding tert-OH is 1. The van der Waals surface area contributed by atoms with Gasteiger partial charge in [-0.15, -0.1) is 6.58 Å². The molecule has 0 aliphatic heterocycles. The number of rotatable bonds is 1. The zero-order chi connectivity index (χ0) is 5.28. The Bertz CT molecular complexity index is 113. The fourth-order valence-corrected chi connectivity index (χ4v) is 0.576. The van der Waals surface area contributed by atoms with E-state index in [1.54, 1.807) is 12.2 Å². The molecule has 0 aromatic carbocycles. The molecule has 1 N–H and O–H groups in total. The second-order valence-electron chi connectivity index (χ2n) is 1.71. The van der Waals surface area contributed by atoms with Crippen LogP contribution in [-0.4, -0.2) is 5.11 Å². The van der Waals surface area contributed by atoms with E-state index >= 15 is 0 Å². The molecule has 0 spiro atoms. The molecule has 0 aromatic rings. The van der Waals surface area contributed by atoms with Gasteiger partial charge in [0.2, 0.25) is 0 Å². The van der Waals surface area contributed by atoms with Gasteiger partial charge < -0.3 is 5.11 Å². The molecule has 1 unspecified atom stereocenters. The van der Waals surface area contributed by atoms with E-state index in [9.17, 15) is 0 Å². The largest absolute Gasteiger partial charge is 0.512 e. The molecule has 1 atom stereocenters. The van der Waals surface area contributed by atoms with Crippen LogP contribution in [0.15, 0.2) is 24.5 Å². The first-order chi connectivity index (χ1) is 3.34. The van der Waals surface area contributed by atoms with E-state index in [0.29, 0.717) is 5.76 Å². The van der Waals surface area contributed by atoms with Crippen LogP contribution in [0.2, 0.25) is 0 Å². The molecule has 7 heavy (non-hydrogen) atoms. The maximum atomic E-state index is 8.70. The average molecular weight is 96.1 g/mol. The van der Waals surface area contributed by atoms with Gasteiger partial charge in [0.25, 0.3) is 0 Å². The van der Waals surface area contributed by atoms with Crippen molar-refractivity contribution in [1.29, 1.82) is 0 Å². The summed E-state index contributed by atoms with van der Waals surface area (Å²) >= 11 is 0. The van der Waals surface area contributed by atoms with Crippen molar-refractivity contribution in [2.75, 3.05) is 0 Å². The third-order valence-corrected chi connectivity index (χ3v) is 1.25. The van der Waals surface area contributed by atoms with Crippen LogP contribution in [0.5, 0.6) is 0 Å². The first kappa shape index (κ1) is 4.44. The van der Waals surface area contributed by atoms with Crippen molar-refractivity contribution in [2.45, 2.75) is 6.42 Å². The molecule has 1 nitrogen and oxygen atoms in total. The minimum Gasteiger partial charge on any atom is -0.512 e. The highest BCUT2D eigenvalue weighted by Crippen LogP contribution is 2.24. The summed E-state index contributed by atoms with van der Waals surface area (Å²) in [4.78, 5) is 0. The summed E-state index contributed by atoms with van der Waals surface area (Å²) in [6.07, 6.45) is 4.52. The SMILES string of the molecule is C=CC1CC=C1O. The zero-order valence-electron chi connectivity index (χ0n) is 4.09. The third kappa shape index (κ3) is 0.538. The fraction of sp³-hybridized carbons (Fsp3) is 0.333. The van der Waals surface area contributed by atoms with Gasteiger partial charge in [0, 0.05) is 5.92 Å². The minimum atomic E-state index is 0.264. The molecule has 0 saturated heterocycles. The van der Waals surface area contributed by atoms with Crippen molar-refractivity contribution < 1.29 is 5.11 Å². The zero-order valence-corrected chi connectivity index (χ0v) is 4.09. The Labute approximate surface area is 43.0 Å². The van der Waals surface area contributed by atoms with Gasteiger partial charge in [-0.1, -0.05) is 6.08 Å². The summed E-state index contributed by atoms with van der Waals surface area (Å²) in [7, 11) is 0. The molecule has 0 bridgehead atoms. The van der Waals surface area contributed by atoms with E-state index < -0.39 is 0 Å². The minimum absolute atomic E-state index is 0.264. The van der Waals surface area contributed by atoms with Crippen LogP contribution < -0.4 is 0 Å². The van der Waals surface area contributed by atoms with E-state index in [1.807, 2.05) is 0 Å². The topological polar surface area (TPSA) is 20.2 Å². The quantitative estimate of drug-likeness (QED) is 0.492. The molecule has 0 radical (unpaired) electrons. The standard InChI is InChI=1S/C6H8O/c1-2-5-3-4-6(5)7/h2,4-5,7H,1,3H2. The van der Waals surface area contributed by atoms with Crippen LogP contribution in [0.1, 0.15) is 6.42 Å². The Morgan fingerprint density at radius 3 is 2.71 bits per heavy atom. The lowest BCUT2D eigenvalue weighted by molar-refractivity contribution is 0.324. The number of aliphatic hydroxyl groups is 1. The van der Waals surface area contributed by atoms with Crippen molar-refractivity contribution in [3.63, 3.8) is 0 Å². The predicted octanol–water partition coefficient (Wildman–Crippen LogP) is 1.63. The summed E-state index contributed by atoms with van der Waals surface area (Å²) in [6, 6.07) is 0. The first-order valence-corrected chi connectivity index (χ1v) is 2.36. The summed E-state index contributed by atoms with van der Waals surface area (Å²) in [5.74, 6) is 0.745. The van der Waals surface area contributed by atoms with E-state index in [0.717, 1.165) is 6.42 Å². The van der Waals surface area contributed by atoms with Crippen LogP contribution in [-0.2, 0) is 0 Å². The maximum absolute atomic E-state index is 8.70. The first-order valence-electron chi connectivity index (χ1n) is 2.36. The second-order valence-corrected chi connectivity index (χ2v) is 1.71. The summed E-state index contributed by atoms with van der Waals surface area (Å²) in [5.41, 5.74) is 0. The van der Waals surface area contributed by atoms with Crippen LogP contribution >= 0.6 is 0 Å². The Hall–Kier alpha value is -0.720. The lowest BCUT2D eigenvalue weighted by atomic mass is 9.93. The van der Waals surface area contributed by atoms with Crippen molar-refractivity contribution in [3.05, 3.63) is 24.5 Å². The van der Waals surface area contributed by atoms with Crippen LogP contribution in [0, 0.1) is 5.92 Å². The number of hydrogen-bond donors (Lipinski definition) is 1. The summed E-state index contributed by atoms with van der Waals surface area (Å²) < 4.78 is 0. The van der Waals surface area contributed by atoms with Gasteiger partial charge in [-0.05, 0) is 12.5 Å². The molecule has 0 amide bonds. The van der Waals surface area contributed by atoms with Crippen LogP contribution in [0.25, 0.3) is 0 Å². The molecule has 0 saturated carbocycles. The van der Waals surface area contributed by atoms with E-state index in [-0.39, 0.29) is 5.92 Å². The van der Waals surface area contributed by atoms with Crippen molar-refractivity contribution in [3.8, 4) is 0 Å². The lowest BCUT2D eigenvalue weighted by Gasteiger charge is -2.16. The Morgan fingerprint density at radius 1 is 2.00 bits per heavy atom. The Morgan fingerprint density at radius 2 is 2.71 bits per heavy atom. The monoisotopic (exact) mass is 96.1 g/mol. The highest BCUT2D eigenvalue weighted by Gasteiger charge is 2.15. The number of hydrogen-bond acceptors (Lipinski definition) is 1. The average Bonchev–Trinajstić information content (AvgIpc) is 1.65. The molecule has 1 aliphatic rings. The highest BCUT2D eigenvalue weighted by atomic mass is 16.3. The van der Waals surface area contributed by atoms with Gasteiger partial charge in [0.1, 0.15) is 0 Å². The van der Waals surface area contributed by atoms with E-state index in [1.165, 1.54) is 0 Å². The highest BCUT2D eigenvalue weighted by molar-refractivity contribution is 5.15. The van der Waals surface area contributed by atoms with E-state index in [4.69, 9.17) is 5.11 Å². The van der Waals surface area contributed by atoms with E-state index in [2.05, 4.69) is 6.58 Å². The normalized spacial score (nSPS) is 28.0. The molecular formula is C6H8O. The molecule has 38 valence electrons. The van der Waals surface area contributed by atoms with Crippen molar-refractivity contribution >= 4 is 0 Å². The van der Waals surface area contributed by atoms with Gasteiger partial charge in [-0.3, -0.25) is 0 Å². The third-order valence-electron chi connectivity index (χ3n) is 1.25. The van der Waals surface area contributed by atoms with Crippen molar-refractivity contribution in [1.82, 2.24) is 0 Å². The molecular weight excluding hydrogens is 88.1 g/mol. The lowest BCUT2D eigenvalue weighted by Crippen LogP contribution is -2.07. The second kappa shape index (κ2) is 1.41. The van der Waals surface area contributed by atoms with Crippen LogP contribution in [0.4, 0.5) is 0 Å². The fourth-order valence-electron chi connectivity index (χ4n) is 0.576.